The number of hydrogen-bond acceptors (Lipinski definition) is 4. The lowest BCUT2D eigenvalue weighted by Crippen LogP contribution is -2.46. The van der Waals surface area contributed by atoms with Gasteiger partial charge in [-0.1, -0.05) is 18.2 Å². The van der Waals surface area contributed by atoms with Gasteiger partial charge in [-0.3, -0.25) is 14.0 Å². The summed E-state index contributed by atoms with van der Waals surface area (Å²) in [7, 11) is 0.511. The first-order valence-electron chi connectivity index (χ1n) is 9.48. The molecule has 8 heteroatoms. The Morgan fingerprint density at radius 2 is 1.48 bits per heavy atom. The summed E-state index contributed by atoms with van der Waals surface area (Å²) in [4.78, 5) is 28.9. The number of likely N-dealkylation sites (tertiary alicyclic amines) is 1. The lowest BCUT2D eigenvalue weighted by molar-refractivity contribution is 0.0857. The molecule has 0 aromatic heterocycles. The first-order valence-corrected chi connectivity index (χ1v) is 10.6. The molecule has 1 aliphatic rings. The minimum absolute atomic E-state index is 0.0363. The molecule has 0 aliphatic carbocycles. The number of rotatable bonds is 5. The number of ketones is 1. The van der Waals surface area contributed by atoms with Gasteiger partial charge in [0.05, 0.1) is 5.69 Å². The monoisotopic (exact) mass is 415 g/mol. The topological polar surface area (TPSA) is 78.0 Å². The summed E-state index contributed by atoms with van der Waals surface area (Å²) in [5.74, 6) is -0.102. The minimum atomic E-state index is -2.70. The number of thiol groups is 1. The van der Waals surface area contributed by atoms with E-state index in [1.807, 2.05) is 30.3 Å². The van der Waals surface area contributed by atoms with Crippen LogP contribution in [0.2, 0.25) is 0 Å². The zero-order valence-electron chi connectivity index (χ0n) is 16.5. The second kappa shape index (κ2) is 9.09. The van der Waals surface area contributed by atoms with E-state index in [4.69, 9.17) is 0 Å². The predicted molar refractivity (Wildman–Crippen MR) is 114 cm³/mol. The SMILES string of the molecule is CN(C(=O)N1CCC(C(=O)c2ccc(N(C)[SH](=O)=O)cc2)CC1)c1ccccc1. The lowest BCUT2D eigenvalue weighted by Gasteiger charge is -2.34. The maximum atomic E-state index is 12.8. The van der Waals surface area contributed by atoms with Gasteiger partial charge >= 0.3 is 6.03 Å². The Morgan fingerprint density at radius 1 is 0.897 bits per heavy atom. The van der Waals surface area contributed by atoms with Crippen LogP contribution in [0.1, 0.15) is 23.2 Å². The number of anilines is 2. The van der Waals surface area contributed by atoms with Crippen molar-refractivity contribution in [1.82, 2.24) is 4.90 Å². The zero-order chi connectivity index (χ0) is 21.0. The fourth-order valence-electron chi connectivity index (χ4n) is 3.48. The van der Waals surface area contributed by atoms with Crippen molar-refractivity contribution in [2.75, 3.05) is 36.4 Å². The molecular weight excluding hydrogens is 390 g/mol. The van der Waals surface area contributed by atoms with Crippen LogP contribution in [0.4, 0.5) is 16.2 Å². The first kappa shape index (κ1) is 20.9. The van der Waals surface area contributed by atoms with Gasteiger partial charge in [-0.2, -0.15) is 0 Å². The van der Waals surface area contributed by atoms with E-state index in [1.54, 1.807) is 41.1 Å². The van der Waals surface area contributed by atoms with Crippen molar-refractivity contribution in [3.63, 3.8) is 0 Å². The van der Waals surface area contributed by atoms with Crippen molar-refractivity contribution in [2.24, 2.45) is 5.92 Å². The summed E-state index contributed by atoms with van der Waals surface area (Å²) in [6.07, 6.45) is 1.22. The average Bonchev–Trinajstić information content (AvgIpc) is 2.77. The molecule has 0 unspecified atom stereocenters. The number of nitrogens with zero attached hydrogens (tertiary/aromatic N) is 3. The second-order valence-corrected chi connectivity index (χ2v) is 8.19. The van der Waals surface area contributed by atoms with Crippen molar-refractivity contribution in [3.8, 4) is 0 Å². The number of carbonyl (C=O) groups is 2. The Morgan fingerprint density at radius 3 is 2.03 bits per heavy atom. The van der Waals surface area contributed by atoms with E-state index < -0.39 is 10.9 Å². The third-order valence-corrected chi connectivity index (χ3v) is 6.06. The highest BCUT2D eigenvalue weighted by Gasteiger charge is 2.29. The zero-order valence-corrected chi connectivity index (χ0v) is 17.4. The molecule has 0 spiro atoms. The highest BCUT2D eigenvalue weighted by molar-refractivity contribution is 7.74. The molecular formula is C21H25N3O4S. The summed E-state index contributed by atoms with van der Waals surface area (Å²) >= 11 is 0. The molecule has 154 valence electrons. The van der Waals surface area contributed by atoms with Crippen LogP contribution < -0.4 is 9.21 Å². The van der Waals surface area contributed by atoms with Crippen LogP contribution in [0, 0.1) is 5.92 Å². The van der Waals surface area contributed by atoms with Crippen LogP contribution in [-0.4, -0.2) is 52.3 Å². The van der Waals surface area contributed by atoms with E-state index in [0.29, 0.717) is 37.2 Å². The Hall–Kier alpha value is -2.87. The van der Waals surface area contributed by atoms with Crippen LogP contribution in [0.3, 0.4) is 0 Å². The third kappa shape index (κ3) is 4.76. The molecule has 2 aromatic carbocycles. The van der Waals surface area contributed by atoms with Gasteiger partial charge in [0.2, 0.25) is 10.9 Å². The van der Waals surface area contributed by atoms with E-state index in [-0.39, 0.29) is 17.7 Å². The highest BCUT2D eigenvalue weighted by Crippen LogP contribution is 2.25. The molecule has 0 N–H and O–H groups in total. The Bertz CT molecular complexity index is 928. The number of para-hydroxylation sites is 1. The predicted octanol–water partition coefficient (Wildman–Crippen LogP) is 2.80. The van der Waals surface area contributed by atoms with Crippen molar-refractivity contribution >= 4 is 34.1 Å². The molecule has 29 heavy (non-hydrogen) atoms. The van der Waals surface area contributed by atoms with Gasteiger partial charge in [0.1, 0.15) is 0 Å². The number of urea groups is 1. The minimum Gasteiger partial charge on any atom is -0.324 e. The van der Waals surface area contributed by atoms with Crippen LogP contribution in [0.5, 0.6) is 0 Å². The number of amides is 2. The van der Waals surface area contributed by atoms with Gasteiger partial charge in [0, 0.05) is 44.4 Å². The van der Waals surface area contributed by atoms with Crippen LogP contribution in [-0.2, 0) is 10.9 Å². The summed E-state index contributed by atoms with van der Waals surface area (Å²) in [6, 6.07) is 16.0. The lowest BCUT2D eigenvalue weighted by atomic mass is 9.89. The Kier molecular flexibility index (Phi) is 6.53. The Labute approximate surface area is 172 Å². The van der Waals surface area contributed by atoms with Crippen LogP contribution in [0.15, 0.2) is 54.6 Å². The van der Waals surface area contributed by atoms with Crippen molar-refractivity contribution in [2.45, 2.75) is 12.8 Å². The quantitative estimate of drug-likeness (QED) is 0.602. The molecule has 3 rings (SSSR count). The highest BCUT2D eigenvalue weighted by atomic mass is 32.2. The number of carbonyl (C=O) groups excluding carboxylic acids is 2. The molecule has 1 heterocycles. The van der Waals surface area contributed by atoms with Crippen LogP contribution in [0.25, 0.3) is 0 Å². The summed E-state index contributed by atoms with van der Waals surface area (Å²) in [5, 5.41) is 0. The summed E-state index contributed by atoms with van der Waals surface area (Å²) < 4.78 is 23.2. The number of hydrogen-bond donors (Lipinski definition) is 1. The van der Waals surface area contributed by atoms with Gasteiger partial charge in [-0.15, -0.1) is 0 Å². The molecule has 1 saturated heterocycles. The largest absolute Gasteiger partial charge is 0.324 e. The maximum Gasteiger partial charge on any atom is 0.324 e. The number of benzene rings is 2. The molecule has 2 amide bonds. The number of piperidine rings is 1. The van der Waals surface area contributed by atoms with E-state index in [9.17, 15) is 18.0 Å². The first-order chi connectivity index (χ1) is 13.9. The Balaban J connectivity index is 1.59. The average molecular weight is 416 g/mol. The standard InChI is InChI=1S/C21H25N3O4S/c1-22(18-6-4-3-5-7-18)21(26)24-14-12-17(13-15-24)20(25)16-8-10-19(11-9-16)23(2)29(27)28/h3-11,17,29H,12-15H2,1-2H3. The maximum absolute atomic E-state index is 12.8. The van der Waals surface area contributed by atoms with E-state index in [0.717, 1.165) is 9.99 Å². The third-order valence-electron chi connectivity index (χ3n) is 5.34. The second-order valence-electron chi connectivity index (χ2n) is 7.11. The van der Waals surface area contributed by atoms with Crippen molar-refractivity contribution < 1.29 is 18.0 Å². The van der Waals surface area contributed by atoms with Gasteiger partial charge in [-0.25, -0.2) is 13.2 Å². The van der Waals surface area contributed by atoms with E-state index >= 15 is 0 Å². The molecule has 1 fully saturated rings. The summed E-state index contributed by atoms with van der Waals surface area (Å²) in [6.45, 7) is 1.06. The number of Topliss-reactive ketones (excluding diaryl/α,β-unsaturated/α-hetero) is 1. The normalized spacial score (nSPS) is 14.7. The van der Waals surface area contributed by atoms with Gasteiger partial charge in [-0.05, 0) is 49.2 Å². The smallest absolute Gasteiger partial charge is 0.324 e. The fourth-order valence-corrected chi connectivity index (χ4v) is 3.80. The van der Waals surface area contributed by atoms with Gasteiger partial charge < -0.3 is 4.90 Å². The molecule has 0 saturated carbocycles. The molecule has 0 radical (unpaired) electrons. The molecule has 1 aliphatic heterocycles. The van der Waals surface area contributed by atoms with E-state index in [2.05, 4.69) is 0 Å². The van der Waals surface area contributed by atoms with Crippen LogP contribution >= 0.6 is 0 Å². The van der Waals surface area contributed by atoms with E-state index in [1.165, 1.54) is 7.05 Å². The van der Waals surface area contributed by atoms with Crippen molar-refractivity contribution in [3.05, 3.63) is 60.2 Å². The molecule has 0 atom stereocenters. The van der Waals surface area contributed by atoms with Gasteiger partial charge in [0.25, 0.3) is 0 Å². The summed E-state index contributed by atoms with van der Waals surface area (Å²) in [5.41, 5.74) is 1.91. The molecule has 0 bridgehead atoms. The molecule has 7 nitrogen and oxygen atoms in total. The van der Waals surface area contributed by atoms with Gasteiger partial charge in [0.15, 0.2) is 5.78 Å². The molecule has 2 aromatic rings. The fraction of sp³-hybridized carbons (Fsp3) is 0.333. The van der Waals surface area contributed by atoms with Crippen molar-refractivity contribution in [1.29, 1.82) is 0 Å².